The first kappa shape index (κ1) is 39.2. The molecule has 0 saturated heterocycles. The van der Waals surface area contributed by atoms with Crippen molar-refractivity contribution in [3.05, 3.63) is 0 Å². The molecule has 2 N–H and O–H groups in total. The van der Waals surface area contributed by atoms with Crippen LogP contribution in [0.5, 0.6) is 0 Å². The van der Waals surface area contributed by atoms with Gasteiger partial charge in [0.2, 0.25) is 0 Å². The molecule has 0 atom stereocenters. The molecule has 64 valence electrons. The summed E-state index contributed by atoms with van der Waals surface area (Å²) in [5.41, 5.74) is 0. The second-order valence-electron chi connectivity index (χ2n) is 0. The Hall–Kier alpha value is 2.45. The molecule has 10 heavy (non-hydrogen) atoms. The monoisotopic (exact) mass is 388 g/mol. The average Bonchev–Trinajstić information content (AvgIpc) is 2.03. The van der Waals surface area contributed by atoms with E-state index in [0.717, 1.165) is 0 Å². The van der Waals surface area contributed by atoms with Crippen molar-refractivity contribution in [3.8, 4) is 0 Å². The van der Waals surface area contributed by atoms with Crippen LogP contribution in [-0.2, 0) is 55.1 Å². The molecule has 0 rings (SSSR count). The summed E-state index contributed by atoms with van der Waals surface area (Å²) in [4.78, 5) is 0. The number of hydrogen-bond acceptors (Lipinski definition) is 4. The number of hydrogen-bond donors (Lipinski definition) is 2. The van der Waals surface area contributed by atoms with Gasteiger partial charge in [-0.05, 0) is 0 Å². The second kappa shape index (κ2) is 209. The fraction of sp³-hybridized carbons (Fsp3) is 0. The van der Waals surface area contributed by atoms with Gasteiger partial charge >= 0.3 is 55.1 Å². The van der Waals surface area contributed by atoms with E-state index in [0.29, 0.717) is 49.4 Å². The van der Waals surface area contributed by atoms with Crippen molar-refractivity contribution in [2.45, 2.75) is 0 Å². The van der Waals surface area contributed by atoms with Crippen molar-refractivity contribution in [2.24, 2.45) is 0 Å². The number of halogens is 4. The third kappa shape index (κ3) is 156. The van der Waals surface area contributed by atoms with Gasteiger partial charge in [0.1, 0.15) is 0 Å². The van der Waals surface area contributed by atoms with Crippen LogP contribution in [0.2, 0.25) is 0 Å². The molecule has 0 saturated carbocycles. The van der Waals surface area contributed by atoms with Gasteiger partial charge in [0.15, 0.2) is 0 Å². The molecule has 0 radical (unpaired) electrons. The Morgan fingerprint density at radius 1 is 0.700 bits per heavy atom. The van der Waals surface area contributed by atoms with Crippen LogP contribution < -0.4 is 0 Å². The molecule has 0 aliphatic heterocycles. The van der Waals surface area contributed by atoms with Crippen LogP contribution in [-0.4, -0.2) is 9.32 Å². The van der Waals surface area contributed by atoms with Crippen molar-refractivity contribution in [3.63, 3.8) is 0 Å². The molecule has 10 heteroatoms. The summed E-state index contributed by atoms with van der Waals surface area (Å²) < 4.78 is 29.6. The van der Waals surface area contributed by atoms with Gasteiger partial charge in [-0.15, -0.1) is 24.8 Å². The zero-order chi connectivity index (χ0) is 8.00. The first-order valence-corrected chi connectivity index (χ1v) is 3.43. The van der Waals surface area contributed by atoms with Crippen LogP contribution >= 0.6 is 48.5 Å². The van der Waals surface area contributed by atoms with Crippen LogP contribution in [0.1, 0.15) is 0 Å². The summed E-state index contributed by atoms with van der Waals surface area (Å²) in [7, 11) is 0. The molecule has 0 fully saturated rings. The van der Waals surface area contributed by atoms with Gasteiger partial charge in [-0.2, -0.15) is 0 Å². The van der Waals surface area contributed by atoms with Gasteiger partial charge in [-0.3, -0.25) is 9.32 Å². The molecule has 0 bridgehead atoms. The molecule has 0 unspecified atom stereocenters. The summed E-state index contributed by atoms with van der Waals surface area (Å²) >= 11 is 7.88. The average molecular weight is 392 g/mol. The molecule has 0 aliphatic rings. The van der Waals surface area contributed by atoms with Gasteiger partial charge in [-0.1, -0.05) is 0 Å². The first-order valence-electron chi connectivity index (χ1n) is 0.746. The topological polar surface area (TPSA) is 74.6 Å². The van der Waals surface area contributed by atoms with Crippen molar-refractivity contribution in [1.29, 1.82) is 0 Å². The van der Waals surface area contributed by atoms with Crippen LogP contribution in [0, 0.1) is 0 Å². The Bertz CT molecular complexity index is 17.2. The van der Waals surface area contributed by atoms with Crippen molar-refractivity contribution in [1.82, 2.24) is 0 Å². The van der Waals surface area contributed by atoms with Crippen molar-refractivity contribution >= 4 is 48.5 Å². The van der Waals surface area contributed by atoms with Gasteiger partial charge in [0.05, 0.1) is 23.7 Å². The van der Waals surface area contributed by atoms with E-state index in [-0.39, 0.29) is 24.8 Å². The van der Waals surface area contributed by atoms with Crippen LogP contribution in [0.25, 0.3) is 0 Å². The van der Waals surface area contributed by atoms with E-state index in [1.165, 1.54) is 0 Å². The molecule has 0 heterocycles. The Kier molecular flexibility index (Phi) is 819. The van der Waals surface area contributed by atoms with E-state index in [1.54, 1.807) is 0 Å². The van der Waals surface area contributed by atoms with E-state index in [1.807, 2.05) is 0 Å². The molecule has 0 aliphatic carbocycles. The molecular weight excluding hydrogens is 388 g/mol. The fourth-order valence-electron chi connectivity index (χ4n) is 0. The van der Waals surface area contributed by atoms with E-state index in [4.69, 9.17) is 14.9 Å². The van der Waals surface area contributed by atoms with E-state index in [2.05, 4.69) is 23.7 Å². The van der Waals surface area contributed by atoms with Gasteiger partial charge in [0.25, 0.3) is 0 Å². The van der Waals surface area contributed by atoms with E-state index in [9.17, 15) is 0 Å². The Morgan fingerprint density at radius 2 is 0.700 bits per heavy atom. The second-order valence-corrected chi connectivity index (χ2v) is 0. The van der Waals surface area contributed by atoms with Crippen LogP contribution in [0.3, 0.4) is 0 Å². The maximum absolute atomic E-state index is 8.34. The third-order valence-corrected chi connectivity index (χ3v) is 0. The van der Waals surface area contributed by atoms with Gasteiger partial charge < -0.3 is 0 Å². The van der Waals surface area contributed by atoms with Crippen LogP contribution in [0.15, 0.2) is 0 Å². The Morgan fingerprint density at radius 3 is 0.700 bits per heavy atom. The SMILES string of the molecule is Cl.Cl.OCl.OCl.[O]=[Zr].[O]=[Zr]. The Labute approximate surface area is 111 Å². The van der Waals surface area contributed by atoms with Crippen molar-refractivity contribution in [2.75, 3.05) is 0 Å². The van der Waals surface area contributed by atoms with Gasteiger partial charge in [-0.25, -0.2) is 0 Å². The summed E-state index contributed by atoms with van der Waals surface area (Å²) in [5, 5.41) is 0. The maximum atomic E-state index is 8.34. The minimum absolute atomic E-state index is 0. The molecule has 0 spiro atoms. The molecule has 4 nitrogen and oxygen atoms in total. The minimum atomic E-state index is 0. The zero-order valence-electron chi connectivity index (χ0n) is 4.28. The predicted octanol–water partition coefficient (Wildman–Crippen LogP) is 0.866. The van der Waals surface area contributed by atoms with E-state index >= 15 is 0 Å². The standard InChI is InChI=1S/2ClHO.2ClH.2O.2Zr/c2*1-2;;;;;;/h2*2H;2*1H;;;;. The predicted molar refractivity (Wildman–Crippen MR) is 32.0 cm³/mol. The fourth-order valence-corrected chi connectivity index (χ4v) is 0. The molecular formula is H4Cl4O4Zr2. The summed E-state index contributed by atoms with van der Waals surface area (Å²) in [6.07, 6.45) is 0. The first-order chi connectivity index (χ1) is 4.00. The molecule has 0 aromatic heterocycles. The normalized spacial score (nSPS) is 1.80. The number of rotatable bonds is 0. The molecule has 0 aromatic rings. The summed E-state index contributed by atoms with van der Waals surface area (Å²) in [5.74, 6) is 0. The Balaban J connectivity index is -0.00000000500. The van der Waals surface area contributed by atoms with Crippen molar-refractivity contribution < 1.29 is 64.4 Å². The zero-order valence-corrected chi connectivity index (χ0v) is 12.3. The third-order valence-electron chi connectivity index (χ3n) is 0. The van der Waals surface area contributed by atoms with Crippen LogP contribution in [0.4, 0.5) is 0 Å². The van der Waals surface area contributed by atoms with E-state index < -0.39 is 0 Å². The quantitative estimate of drug-likeness (QED) is 0.642. The summed E-state index contributed by atoms with van der Waals surface area (Å²) in [6, 6.07) is 0. The molecule has 0 aromatic carbocycles. The summed E-state index contributed by atoms with van der Waals surface area (Å²) in [6.45, 7) is 0. The molecule has 0 amide bonds. The van der Waals surface area contributed by atoms with Gasteiger partial charge in [0, 0.05) is 0 Å².